The molecule has 4 aromatic rings. The third kappa shape index (κ3) is 4.85. The Morgan fingerprint density at radius 2 is 1.91 bits per heavy atom. The largest absolute Gasteiger partial charge is 0.497 e. The number of nitrogens with one attached hydrogen (secondary N) is 1. The van der Waals surface area contributed by atoms with Crippen molar-refractivity contribution in [2.75, 3.05) is 31.0 Å². The maximum atomic E-state index is 12.6. The Morgan fingerprint density at radius 3 is 2.64 bits per heavy atom. The Balaban J connectivity index is 1.54. The van der Waals surface area contributed by atoms with E-state index in [2.05, 4.69) is 32.6 Å². The molecule has 0 bridgehead atoms. The van der Waals surface area contributed by atoms with Crippen LogP contribution >= 0.6 is 11.8 Å². The van der Waals surface area contributed by atoms with Gasteiger partial charge in [-0.3, -0.25) is 4.79 Å². The fourth-order valence-corrected chi connectivity index (χ4v) is 4.19. The number of nitrogens with zero attached hydrogens (tertiary/aromatic N) is 4. The maximum Gasteiger partial charge on any atom is 0.234 e. The number of aryl methyl sites for hydroxylation is 1. The first-order valence-corrected chi connectivity index (χ1v) is 11.2. The van der Waals surface area contributed by atoms with Crippen LogP contribution in [0.5, 0.6) is 11.5 Å². The fraction of sp³-hybridized carbons (Fsp3) is 0.217. The summed E-state index contributed by atoms with van der Waals surface area (Å²) in [6.07, 6.45) is 0.655. The van der Waals surface area contributed by atoms with E-state index in [0.29, 0.717) is 34.4 Å². The first-order chi connectivity index (χ1) is 16.0. The van der Waals surface area contributed by atoms with Gasteiger partial charge in [-0.15, -0.1) is 10.2 Å². The molecule has 33 heavy (non-hydrogen) atoms. The van der Waals surface area contributed by atoms with Crippen molar-refractivity contribution in [2.45, 2.75) is 18.5 Å². The highest BCUT2D eigenvalue weighted by atomic mass is 32.2. The van der Waals surface area contributed by atoms with Crippen molar-refractivity contribution in [1.29, 1.82) is 0 Å². The Morgan fingerprint density at radius 1 is 1.12 bits per heavy atom. The van der Waals surface area contributed by atoms with Crippen LogP contribution in [0.25, 0.3) is 5.65 Å². The van der Waals surface area contributed by atoms with Gasteiger partial charge in [0.25, 0.3) is 0 Å². The number of carbonyl (C=O) groups excluding carboxylic acids is 1. The molecule has 0 radical (unpaired) electrons. The van der Waals surface area contributed by atoms with Crippen LogP contribution in [0.15, 0.2) is 53.7 Å². The molecule has 0 saturated heterocycles. The Hall–Kier alpha value is -3.79. The number of hydrogen-bond donors (Lipinski definition) is 2. The van der Waals surface area contributed by atoms with Gasteiger partial charge in [0.2, 0.25) is 11.9 Å². The van der Waals surface area contributed by atoms with Crippen LogP contribution in [-0.4, -0.2) is 45.5 Å². The van der Waals surface area contributed by atoms with Crippen molar-refractivity contribution < 1.29 is 14.3 Å². The van der Waals surface area contributed by atoms with Gasteiger partial charge in [-0.1, -0.05) is 42.1 Å². The number of carbonyl (C=O) groups is 1. The molecule has 170 valence electrons. The second-order valence-corrected chi connectivity index (χ2v) is 8.18. The molecular formula is C23H24N6O3S. The van der Waals surface area contributed by atoms with E-state index in [-0.39, 0.29) is 17.6 Å². The van der Waals surface area contributed by atoms with Crippen LogP contribution in [-0.2, 0) is 11.2 Å². The predicted octanol–water partition coefficient (Wildman–Crippen LogP) is 3.35. The lowest BCUT2D eigenvalue weighted by Crippen LogP contribution is -2.15. The molecule has 0 unspecified atom stereocenters. The lowest BCUT2D eigenvalue weighted by atomic mass is 10.0. The molecule has 2 heterocycles. The molecular weight excluding hydrogens is 440 g/mol. The molecule has 4 rings (SSSR count). The minimum atomic E-state index is -0.230. The number of nitrogen functional groups attached to an aromatic ring is 1. The van der Waals surface area contributed by atoms with Gasteiger partial charge in [0.05, 0.1) is 25.7 Å². The van der Waals surface area contributed by atoms with E-state index in [9.17, 15) is 4.79 Å². The van der Waals surface area contributed by atoms with Crippen molar-refractivity contribution in [3.8, 4) is 11.5 Å². The van der Waals surface area contributed by atoms with Crippen molar-refractivity contribution in [3.63, 3.8) is 0 Å². The minimum Gasteiger partial charge on any atom is -0.497 e. The zero-order chi connectivity index (χ0) is 23.4. The number of anilines is 2. The summed E-state index contributed by atoms with van der Waals surface area (Å²) in [5.74, 6) is 1.30. The Labute approximate surface area is 195 Å². The van der Waals surface area contributed by atoms with Crippen LogP contribution in [0.1, 0.15) is 16.8 Å². The number of rotatable bonds is 8. The molecule has 0 fully saturated rings. The number of thioether (sulfide) groups is 1. The third-order valence-electron chi connectivity index (χ3n) is 5.09. The number of aromatic nitrogens is 4. The predicted molar refractivity (Wildman–Crippen MR) is 128 cm³/mol. The van der Waals surface area contributed by atoms with Crippen molar-refractivity contribution in [1.82, 2.24) is 19.6 Å². The zero-order valence-electron chi connectivity index (χ0n) is 18.5. The molecule has 0 aliphatic heterocycles. The molecule has 9 nitrogen and oxygen atoms in total. The van der Waals surface area contributed by atoms with E-state index in [4.69, 9.17) is 15.2 Å². The zero-order valence-corrected chi connectivity index (χ0v) is 19.3. The van der Waals surface area contributed by atoms with Gasteiger partial charge in [0, 0.05) is 23.7 Å². The highest BCUT2D eigenvalue weighted by Gasteiger charge is 2.18. The Kier molecular flexibility index (Phi) is 6.64. The van der Waals surface area contributed by atoms with Crippen LogP contribution in [0, 0.1) is 6.92 Å². The number of methoxy groups -OCH3 is 2. The summed E-state index contributed by atoms with van der Waals surface area (Å²) >= 11 is 1.23. The first-order valence-electron chi connectivity index (χ1n) is 10.2. The molecule has 0 aliphatic carbocycles. The topological polar surface area (TPSA) is 117 Å². The summed E-state index contributed by atoms with van der Waals surface area (Å²) in [6, 6.07) is 15.3. The quantitative estimate of drug-likeness (QED) is 0.381. The number of fused-ring (bicyclic) bond motifs is 1. The maximum absolute atomic E-state index is 12.6. The average Bonchev–Trinajstić information content (AvgIpc) is 3.25. The SMILES string of the molecule is COc1ccc(OC)c(NC(=O)CSc2nnc3c(Cc4ccccc4)c(C)nc(N)n23)c1. The molecule has 0 spiro atoms. The molecule has 0 saturated carbocycles. The lowest BCUT2D eigenvalue weighted by molar-refractivity contribution is -0.113. The highest BCUT2D eigenvalue weighted by molar-refractivity contribution is 7.99. The average molecular weight is 465 g/mol. The normalized spacial score (nSPS) is 10.9. The molecule has 2 aromatic heterocycles. The van der Waals surface area contributed by atoms with E-state index in [1.807, 2.05) is 25.1 Å². The van der Waals surface area contributed by atoms with Crippen molar-refractivity contribution in [2.24, 2.45) is 0 Å². The number of benzene rings is 2. The molecule has 3 N–H and O–H groups in total. The van der Waals surface area contributed by atoms with Gasteiger partial charge in [0.1, 0.15) is 11.5 Å². The monoisotopic (exact) mass is 464 g/mol. The van der Waals surface area contributed by atoms with Gasteiger partial charge in [-0.25, -0.2) is 9.38 Å². The van der Waals surface area contributed by atoms with Gasteiger partial charge >= 0.3 is 0 Å². The standard InChI is InChI=1S/C23H24N6O3S/c1-14-17(11-15-7-5-4-6-8-15)21-27-28-23(29(21)22(24)25-14)33-13-20(30)26-18-12-16(31-2)9-10-19(18)32-3/h4-10,12H,11,13H2,1-3H3,(H2,24,25)(H,26,30). The van der Waals surface area contributed by atoms with Crippen LogP contribution in [0.2, 0.25) is 0 Å². The summed E-state index contributed by atoms with van der Waals surface area (Å²) < 4.78 is 12.2. The molecule has 1 amide bonds. The van der Waals surface area contributed by atoms with Crippen LogP contribution < -0.4 is 20.5 Å². The highest BCUT2D eigenvalue weighted by Crippen LogP contribution is 2.30. The molecule has 2 aromatic carbocycles. The van der Waals surface area contributed by atoms with Crippen molar-refractivity contribution in [3.05, 3.63) is 65.4 Å². The van der Waals surface area contributed by atoms with E-state index in [0.717, 1.165) is 16.8 Å². The summed E-state index contributed by atoms with van der Waals surface area (Å²) in [4.78, 5) is 17.1. The number of amides is 1. The van der Waals surface area contributed by atoms with E-state index in [1.165, 1.54) is 11.8 Å². The van der Waals surface area contributed by atoms with E-state index >= 15 is 0 Å². The fourth-order valence-electron chi connectivity index (χ4n) is 3.45. The van der Waals surface area contributed by atoms with Gasteiger partial charge < -0.3 is 20.5 Å². The second kappa shape index (κ2) is 9.78. The van der Waals surface area contributed by atoms with Crippen LogP contribution in [0.3, 0.4) is 0 Å². The number of nitrogens with two attached hydrogens (primary N) is 1. The third-order valence-corrected chi connectivity index (χ3v) is 6.02. The minimum absolute atomic E-state index is 0.0997. The van der Waals surface area contributed by atoms with Gasteiger partial charge in [-0.2, -0.15) is 0 Å². The van der Waals surface area contributed by atoms with E-state index < -0.39 is 0 Å². The van der Waals surface area contributed by atoms with E-state index in [1.54, 1.807) is 36.8 Å². The number of ether oxygens (including phenoxy) is 2. The summed E-state index contributed by atoms with van der Waals surface area (Å²) in [5, 5.41) is 12.0. The second-order valence-electron chi connectivity index (χ2n) is 7.24. The van der Waals surface area contributed by atoms with Crippen molar-refractivity contribution >= 4 is 35.0 Å². The van der Waals surface area contributed by atoms with Crippen LogP contribution in [0.4, 0.5) is 11.6 Å². The molecule has 0 aliphatic rings. The van der Waals surface area contributed by atoms with Gasteiger partial charge in [-0.05, 0) is 24.6 Å². The van der Waals surface area contributed by atoms with Gasteiger partial charge in [0.15, 0.2) is 10.8 Å². The summed E-state index contributed by atoms with van der Waals surface area (Å²) in [6.45, 7) is 1.91. The summed E-state index contributed by atoms with van der Waals surface area (Å²) in [7, 11) is 3.10. The smallest absolute Gasteiger partial charge is 0.234 e. The summed E-state index contributed by atoms with van der Waals surface area (Å²) in [5.41, 5.74) is 10.2. The first kappa shape index (κ1) is 22.4. The molecule has 10 heteroatoms. The lowest BCUT2D eigenvalue weighted by Gasteiger charge is -2.12. The molecule has 0 atom stereocenters. The number of hydrogen-bond acceptors (Lipinski definition) is 8. The Bertz CT molecular complexity index is 1290.